The minimum atomic E-state index is -0.468. The predicted molar refractivity (Wildman–Crippen MR) is 94.5 cm³/mol. The Bertz CT molecular complexity index is 780. The largest absolute Gasteiger partial charge is 0.507 e. The van der Waals surface area contributed by atoms with Crippen molar-refractivity contribution in [3.63, 3.8) is 0 Å². The van der Waals surface area contributed by atoms with Crippen LogP contribution in [0.25, 0.3) is 6.08 Å². The number of hydrogen-bond donors (Lipinski definition) is 2. The average molecular weight is 341 g/mol. The summed E-state index contributed by atoms with van der Waals surface area (Å²) in [6.07, 6.45) is 2.95. The Labute approximate surface area is 146 Å². The van der Waals surface area contributed by atoms with Gasteiger partial charge in [-0.25, -0.2) is 0 Å². The van der Waals surface area contributed by atoms with Crippen molar-refractivity contribution in [2.45, 2.75) is 12.8 Å². The summed E-state index contributed by atoms with van der Waals surface area (Å²) in [6.45, 7) is 0.467. The number of phenolic OH excluding ortho intramolecular Hbond substituents is 1. The van der Waals surface area contributed by atoms with E-state index >= 15 is 0 Å². The highest BCUT2D eigenvalue weighted by Gasteiger charge is 2.10. The van der Waals surface area contributed by atoms with Gasteiger partial charge in [-0.2, -0.15) is 5.26 Å². The van der Waals surface area contributed by atoms with Crippen LogP contribution in [0, 0.1) is 11.3 Å². The van der Waals surface area contributed by atoms with Gasteiger partial charge in [-0.05, 0) is 42.7 Å². The lowest BCUT2D eigenvalue weighted by atomic mass is 10.1. The van der Waals surface area contributed by atoms with E-state index in [9.17, 15) is 9.90 Å². The molecule has 0 radical (unpaired) electrons. The molecular formula is C19H17ClN2O2. The molecule has 2 aromatic carbocycles. The fraction of sp³-hybridized carbons (Fsp3) is 0.158. The Hall–Kier alpha value is -2.77. The van der Waals surface area contributed by atoms with E-state index in [-0.39, 0.29) is 11.3 Å². The number of nitrogens with zero attached hydrogens (tertiary/aromatic N) is 1. The van der Waals surface area contributed by atoms with Crippen molar-refractivity contribution < 1.29 is 9.90 Å². The maximum atomic E-state index is 12.1. The second-order valence-corrected chi connectivity index (χ2v) is 5.65. The molecule has 2 aromatic rings. The first kappa shape index (κ1) is 17.6. The lowest BCUT2D eigenvalue weighted by molar-refractivity contribution is -0.117. The van der Waals surface area contributed by atoms with E-state index in [0.29, 0.717) is 17.1 Å². The summed E-state index contributed by atoms with van der Waals surface area (Å²) in [6, 6.07) is 16.3. The molecule has 2 rings (SSSR count). The monoisotopic (exact) mass is 340 g/mol. The van der Waals surface area contributed by atoms with Crippen LogP contribution in [0.5, 0.6) is 5.75 Å². The fourth-order valence-corrected chi connectivity index (χ4v) is 2.36. The van der Waals surface area contributed by atoms with Crippen molar-refractivity contribution in [2.24, 2.45) is 0 Å². The van der Waals surface area contributed by atoms with Crippen LogP contribution in [-0.2, 0) is 11.2 Å². The summed E-state index contributed by atoms with van der Waals surface area (Å²) < 4.78 is 0. The molecule has 0 saturated carbocycles. The summed E-state index contributed by atoms with van der Waals surface area (Å²) in [5.74, 6) is -0.506. The van der Waals surface area contributed by atoms with Crippen molar-refractivity contribution in [3.05, 3.63) is 70.3 Å². The van der Waals surface area contributed by atoms with Gasteiger partial charge >= 0.3 is 0 Å². The van der Waals surface area contributed by atoms with Crippen LogP contribution in [0.15, 0.2) is 54.1 Å². The van der Waals surface area contributed by atoms with Gasteiger partial charge in [0.25, 0.3) is 5.91 Å². The number of nitrogens with one attached hydrogen (secondary N) is 1. The van der Waals surface area contributed by atoms with Gasteiger partial charge in [0.2, 0.25) is 0 Å². The van der Waals surface area contributed by atoms with E-state index in [0.717, 1.165) is 12.8 Å². The number of carbonyl (C=O) groups excluding carboxylic acids is 1. The Balaban J connectivity index is 1.93. The molecule has 122 valence electrons. The maximum absolute atomic E-state index is 12.1. The summed E-state index contributed by atoms with van der Waals surface area (Å²) in [5, 5.41) is 22.0. The molecule has 0 atom stereocenters. The first-order valence-corrected chi connectivity index (χ1v) is 7.90. The standard InChI is InChI=1S/C19H17ClN2O2/c20-17-8-9-18(23)15(12-17)11-16(13-21)19(24)22-10-4-7-14-5-2-1-3-6-14/h1-3,5-6,8-9,11-12,23H,4,7,10H2,(H,22,24)/b16-11-. The zero-order chi connectivity index (χ0) is 17.4. The lowest BCUT2D eigenvalue weighted by Crippen LogP contribution is -2.25. The van der Waals surface area contributed by atoms with Gasteiger partial charge in [-0.15, -0.1) is 0 Å². The van der Waals surface area contributed by atoms with Gasteiger partial charge in [-0.3, -0.25) is 4.79 Å². The van der Waals surface area contributed by atoms with E-state index in [1.807, 2.05) is 36.4 Å². The second-order valence-electron chi connectivity index (χ2n) is 5.22. The molecule has 0 unspecified atom stereocenters. The van der Waals surface area contributed by atoms with Gasteiger partial charge in [0, 0.05) is 17.1 Å². The Morgan fingerprint density at radius 3 is 2.71 bits per heavy atom. The third-order valence-electron chi connectivity index (χ3n) is 3.43. The summed E-state index contributed by atoms with van der Waals surface area (Å²) >= 11 is 5.86. The molecule has 0 aliphatic rings. The number of halogens is 1. The third-order valence-corrected chi connectivity index (χ3v) is 3.66. The summed E-state index contributed by atoms with van der Waals surface area (Å²) in [5.41, 5.74) is 1.46. The van der Waals surface area contributed by atoms with E-state index in [2.05, 4.69) is 5.32 Å². The molecule has 2 N–H and O–H groups in total. The molecule has 0 bridgehead atoms. The van der Waals surface area contributed by atoms with Crippen LogP contribution >= 0.6 is 11.6 Å². The molecule has 0 spiro atoms. The molecule has 4 nitrogen and oxygen atoms in total. The van der Waals surface area contributed by atoms with E-state index in [4.69, 9.17) is 16.9 Å². The number of phenols is 1. The maximum Gasteiger partial charge on any atom is 0.261 e. The van der Waals surface area contributed by atoms with Crippen LogP contribution in [-0.4, -0.2) is 17.6 Å². The summed E-state index contributed by atoms with van der Waals surface area (Å²) in [4.78, 5) is 12.1. The number of aromatic hydroxyl groups is 1. The van der Waals surface area contributed by atoms with Crippen molar-refractivity contribution >= 4 is 23.6 Å². The van der Waals surface area contributed by atoms with Gasteiger partial charge in [0.05, 0.1) is 0 Å². The summed E-state index contributed by atoms with van der Waals surface area (Å²) in [7, 11) is 0. The Kier molecular flexibility index (Phi) is 6.41. The van der Waals surface area contributed by atoms with Crippen molar-refractivity contribution in [3.8, 4) is 11.8 Å². The number of amides is 1. The molecule has 0 fully saturated rings. The van der Waals surface area contributed by atoms with Gasteiger partial charge in [-0.1, -0.05) is 41.9 Å². The van der Waals surface area contributed by atoms with Crippen LogP contribution in [0.1, 0.15) is 17.5 Å². The number of carbonyl (C=O) groups is 1. The molecule has 0 heterocycles. The van der Waals surface area contributed by atoms with Crippen LogP contribution in [0.4, 0.5) is 0 Å². The Morgan fingerprint density at radius 2 is 2.00 bits per heavy atom. The quantitative estimate of drug-likeness (QED) is 0.478. The van der Waals surface area contributed by atoms with Gasteiger partial charge in [0.15, 0.2) is 0 Å². The van der Waals surface area contributed by atoms with Crippen molar-refractivity contribution in [1.29, 1.82) is 5.26 Å². The first-order valence-electron chi connectivity index (χ1n) is 7.52. The number of hydrogen-bond acceptors (Lipinski definition) is 3. The van der Waals surface area contributed by atoms with Crippen LogP contribution in [0.2, 0.25) is 5.02 Å². The minimum Gasteiger partial charge on any atom is -0.507 e. The van der Waals surface area contributed by atoms with E-state index < -0.39 is 5.91 Å². The Morgan fingerprint density at radius 1 is 1.25 bits per heavy atom. The average Bonchev–Trinajstić information content (AvgIpc) is 2.60. The van der Waals surface area contributed by atoms with Gasteiger partial charge < -0.3 is 10.4 Å². The smallest absolute Gasteiger partial charge is 0.261 e. The predicted octanol–water partition coefficient (Wildman–Crippen LogP) is 3.70. The molecule has 24 heavy (non-hydrogen) atoms. The molecule has 1 amide bonds. The van der Waals surface area contributed by atoms with Crippen molar-refractivity contribution in [1.82, 2.24) is 5.32 Å². The molecule has 0 aliphatic carbocycles. The lowest BCUT2D eigenvalue weighted by Gasteiger charge is -2.05. The third kappa shape index (κ3) is 5.15. The SMILES string of the molecule is N#C/C(=C/c1cc(Cl)ccc1O)C(=O)NCCCc1ccccc1. The zero-order valence-corrected chi connectivity index (χ0v) is 13.8. The minimum absolute atomic E-state index is 0.0379. The second kappa shape index (κ2) is 8.76. The number of benzene rings is 2. The fourth-order valence-electron chi connectivity index (χ4n) is 2.18. The molecular weight excluding hydrogens is 324 g/mol. The molecule has 0 saturated heterocycles. The normalized spacial score (nSPS) is 10.9. The molecule has 5 heteroatoms. The van der Waals surface area contributed by atoms with Crippen molar-refractivity contribution in [2.75, 3.05) is 6.54 Å². The van der Waals surface area contributed by atoms with Crippen LogP contribution < -0.4 is 5.32 Å². The van der Waals surface area contributed by atoms with E-state index in [1.165, 1.54) is 29.8 Å². The van der Waals surface area contributed by atoms with Gasteiger partial charge in [0.1, 0.15) is 17.4 Å². The van der Waals surface area contributed by atoms with E-state index in [1.54, 1.807) is 0 Å². The zero-order valence-electron chi connectivity index (χ0n) is 13.0. The number of rotatable bonds is 6. The highest BCUT2D eigenvalue weighted by molar-refractivity contribution is 6.30. The van der Waals surface area contributed by atoms with Crippen LogP contribution in [0.3, 0.4) is 0 Å². The number of aryl methyl sites for hydroxylation is 1. The highest BCUT2D eigenvalue weighted by atomic mass is 35.5. The number of nitriles is 1. The molecule has 0 aliphatic heterocycles. The highest BCUT2D eigenvalue weighted by Crippen LogP contribution is 2.23. The topological polar surface area (TPSA) is 73.1 Å². The molecule has 0 aromatic heterocycles. The first-order chi connectivity index (χ1) is 11.6.